The summed E-state index contributed by atoms with van der Waals surface area (Å²) in [5.74, 6) is 1.23. The van der Waals surface area contributed by atoms with Crippen LogP contribution in [-0.4, -0.2) is 62.3 Å². The number of unbranched alkanes of at least 4 members (excludes halogenated alkanes) is 2. The van der Waals surface area contributed by atoms with Gasteiger partial charge < -0.3 is 28.8 Å². The van der Waals surface area contributed by atoms with Crippen LogP contribution >= 0.6 is 0 Å². The largest absolute Gasteiger partial charge is 0.466 e. The van der Waals surface area contributed by atoms with E-state index in [0.29, 0.717) is 12.3 Å². The zero-order valence-electron chi connectivity index (χ0n) is 24.9. The van der Waals surface area contributed by atoms with Crippen LogP contribution < -0.4 is 0 Å². The lowest BCUT2D eigenvalue weighted by Crippen LogP contribution is -2.32. The zero-order valence-corrected chi connectivity index (χ0v) is 24.9. The molecular formula is C33H54O7. The normalized spacial score (nSPS) is 36.0. The molecule has 2 aliphatic carbocycles. The third kappa shape index (κ3) is 9.65. The van der Waals surface area contributed by atoms with E-state index in [0.717, 1.165) is 83.3 Å². The minimum absolute atomic E-state index is 0.0353. The number of aliphatic hydroxyl groups is 1. The number of esters is 1. The number of hydrogen-bond donors (Lipinski definition) is 1. The molecule has 40 heavy (non-hydrogen) atoms. The molecule has 4 unspecified atom stereocenters. The summed E-state index contributed by atoms with van der Waals surface area (Å²) in [6.07, 6.45) is 22.9. The summed E-state index contributed by atoms with van der Waals surface area (Å²) in [7, 11) is 1.39. The fourth-order valence-electron chi connectivity index (χ4n) is 7.13. The van der Waals surface area contributed by atoms with E-state index in [-0.39, 0.29) is 42.6 Å². The lowest BCUT2D eigenvalue weighted by molar-refractivity contribution is -0.193. The van der Waals surface area contributed by atoms with Crippen molar-refractivity contribution in [1.29, 1.82) is 0 Å². The first-order valence-electron chi connectivity index (χ1n) is 16.2. The predicted molar refractivity (Wildman–Crippen MR) is 154 cm³/mol. The van der Waals surface area contributed by atoms with Crippen LogP contribution in [0.3, 0.4) is 0 Å². The van der Waals surface area contributed by atoms with Crippen LogP contribution in [0, 0.1) is 23.7 Å². The Bertz CT molecular complexity index is 786. The van der Waals surface area contributed by atoms with E-state index in [1.807, 2.05) is 6.08 Å². The minimum atomic E-state index is -0.397. The van der Waals surface area contributed by atoms with Gasteiger partial charge in [0.25, 0.3) is 0 Å². The molecular weight excluding hydrogens is 508 g/mol. The molecule has 9 atom stereocenters. The Kier molecular flexibility index (Phi) is 13.5. The lowest BCUT2D eigenvalue weighted by Gasteiger charge is -2.31. The third-order valence-electron chi connectivity index (χ3n) is 9.56. The molecule has 2 saturated heterocycles. The minimum Gasteiger partial charge on any atom is -0.466 e. The van der Waals surface area contributed by atoms with E-state index in [1.165, 1.54) is 38.9 Å². The Balaban J connectivity index is 1.43. The molecule has 4 rings (SSSR count). The van der Waals surface area contributed by atoms with Crippen molar-refractivity contribution < 1.29 is 33.6 Å². The van der Waals surface area contributed by atoms with Gasteiger partial charge in [-0.15, -0.1) is 0 Å². The highest BCUT2D eigenvalue weighted by atomic mass is 16.7. The van der Waals surface area contributed by atoms with Gasteiger partial charge in [-0.1, -0.05) is 44.4 Å². The van der Waals surface area contributed by atoms with Crippen molar-refractivity contribution in [2.24, 2.45) is 23.7 Å². The van der Waals surface area contributed by atoms with E-state index >= 15 is 0 Å². The molecule has 0 bridgehead atoms. The number of carbonyl (C=O) groups excluding carboxylic acids is 1. The Morgan fingerprint density at radius 3 is 2.45 bits per heavy atom. The Morgan fingerprint density at radius 1 is 1.00 bits per heavy atom. The fraction of sp³-hybridized carbons (Fsp3) is 0.848. The molecule has 0 radical (unpaired) electrons. The molecule has 2 aliphatic heterocycles. The quantitative estimate of drug-likeness (QED) is 0.112. The predicted octanol–water partition coefficient (Wildman–Crippen LogP) is 6.48. The maximum absolute atomic E-state index is 11.3. The molecule has 1 N–H and O–H groups in total. The van der Waals surface area contributed by atoms with Crippen LogP contribution in [0.2, 0.25) is 0 Å². The van der Waals surface area contributed by atoms with E-state index in [4.69, 9.17) is 18.9 Å². The second-order valence-corrected chi connectivity index (χ2v) is 12.4. The van der Waals surface area contributed by atoms with Gasteiger partial charge in [0.2, 0.25) is 0 Å². The maximum atomic E-state index is 11.3. The molecule has 0 spiro atoms. The van der Waals surface area contributed by atoms with Gasteiger partial charge in [0.15, 0.2) is 12.6 Å². The first-order chi connectivity index (χ1) is 19.6. The highest BCUT2D eigenvalue weighted by Gasteiger charge is 2.43. The Hall–Kier alpha value is -1.25. The molecule has 228 valence electrons. The highest BCUT2D eigenvalue weighted by molar-refractivity contribution is 5.81. The Labute approximate surface area is 242 Å². The van der Waals surface area contributed by atoms with Crippen molar-refractivity contribution in [2.45, 2.75) is 134 Å². The average Bonchev–Trinajstić information content (AvgIpc) is 3.58. The fourth-order valence-corrected chi connectivity index (χ4v) is 7.13. The standard InChI is InChI=1S/C33H54O7/c1-3-24-16-17-25(22-24)29(39-32-14-8-10-20-37-32)19-18-27-26(12-6-4-5-7-13-31(35)36-2)28(34)23-30(27)40-33-15-9-11-21-38-33/h7,13,18-19,24-30,32-34H,3-6,8-12,14-17,20-23H2,1-2H3/b13-7+,19-18+/t24?,25?,26-,27-,28+,29-,30-,32?,33?/m1/s1. The average molecular weight is 563 g/mol. The van der Waals surface area contributed by atoms with Gasteiger partial charge in [-0.25, -0.2) is 4.79 Å². The van der Waals surface area contributed by atoms with Gasteiger partial charge in [0.1, 0.15) is 0 Å². The summed E-state index contributed by atoms with van der Waals surface area (Å²) >= 11 is 0. The van der Waals surface area contributed by atoms with E-state index in [9.17, 15) is 9.90 Å². The molecule has 0 aromatic carbocycles. The molecule has 4 fully saturated rings. The first-order valence-corrected chi connectivity index (χ1v) is 16.2. The third-order valence-corrected chi connectivity index (χ3v) is 9.56. The van der Waals surface area contributed by atoms with Crippen LogP contribution in [0.5, 0.6) is 0 Å². The summed E-state index contributed by atoms with van der Waals surface area (Å²) in [5, 5.41) is 11.2. The second kappa shape index (κ2) is 17.0. The summed E-state index contributed by atoms with van der Waals surface area (Å²) in [6.45, 7) is 3.83. The van der Waals surface area contributed by atoms with Crippen molar-refractivity contribution in [3.8, 4) is 0 Å². The molecule has 4 aliphatic rings. The van der Waals surface area contributed by atoms with Crippen LogP contribution in [0.25, 0.3) is 0 Å². The van der Waals surface area contributed by atoms with Gasteiger partial charge >= 0.3 is 5.97 Å². The molecule has 0 amide bonds. The maximum Gasteiger partial charge on any atom is 0.330 e. The lowest BCUT2D eigenvalue weighted by atomic mass is 9.87. The molecule has 0 aromatic heterocycles. The topological polar surface area (TPSA) is 83.5 Å². The zero-order chi connectivity index (χ0) is 28.2. The van der Waals surface area contributed by atoms with Crippen LogP contribution in [0.1, 0.15) is 103 Å². The van der Waals surface area contributed by atoms with Crippen molar-refractivity contribution in [3.05, 3.63) is 24.3 Å². The van der Waals surface area contributed by atoms with Crippen molar-refractivity contribution in [2.75, 3.05) is 20.3 Å². The SMILES string of the molecule is CCC1CCC([C@@H](/C=C/[C@@H]2[C@@H](CCCC/C=C/C(=O)OC)[C@@H](O)C[C@H]2OC2CCCCO2)OC2CCCCO2)C1. The van der Waals surface area contributed by atoms with Gasteiger partial charge in [0.05, 0.1) is 25.4 Å². The van der Waals surface area contributed by atoms with E-state index in [2.05, 4.69) is 23.8 Å². The highest BCUT2D eigenvalue weighted by Crippen LogP contribution is 2.42. The number of hydrogen-bond acceptors (Lipinski definition) is 7. The number of carbonyl (C=O) groups is 1. The van der Waals surface area contributed by atoms with Crippen LogP contribution in [0.15, 0.2) is 24.3 Å². The van der Waals surface area contributed by atoms with Crippen molar-refractivity contribution in [1.82, 2.24) is 0 Å². The van der Waals surface area contributed by atoms with Crippen molar-refractivity contribution >= 4 is 5.97 Å². The monoisotopic (exact) mass is 562 g/mol. The number of rotatable bonds is 14. The smallest absolute Gasteiger partial charge is 0.330 e. The molecule has 0 aromatic rings. The number of methoxy groups -OCH3 is 1. The van der Waals surface area contributed by atoms with Gasteiger partial charge in [0, 0.05) is 31.6 Å². The first kappa shape index (κ1) is 31.7. The summed E-state index contributed by atoms with van der Waals surface area (Å²) in [6, 6.07) is 0. The summed E-state index contributed by atoms with van der Waals surface area (Å²) in [4.78, 5) is 11.3. The van der Waals surface area contributed by atoms with Gasteiger partial charge in [-0.2, -0.15) is 0 Å². The van der Waals surface area contributed by atoms with Crippen LogP contribution in [-0.2, 0) is 28.5 Å². The van der Waals surface area contributed by atoms with Gasteiger partial charge in [-0.3, -0.25) is 0 Å². The molecule has 2 heterocycles. The molecule has 7 heteroatoms. The Morgan fingerprint density at radius 2 is 1.77 bits per heavy atom. The van der Waals surface area contributed by atoms with E-state index in [1.54, 1.807) is 0 Å². The van der Waals surface area contributed by atoms with Crippen LogP contribution in [0.4, 0.5) is 0 Å². The summed E-state index contributed by atoms with van der Waals surface area (Å²) < 4.78 is 29.8. The second-order valence-electron chi connectivity index (χ2n) is 12.4. The van der Waals surface area contributed by atoms with Gasteiger partial charge in [-0.05, 0) is 88.4 Å². The molecule has 2 saturated carbocycles. The number of allylic oxidation sites excluding steroid dienone is 1. The number of ether oxygens (including phenoxy) is 5. The summed E-state index contributed by atoms with van der Waals surface area (Å²) in [5.41, 5.74) is 0. The van der Waals surface area contributed by atoms with E-state index < -0.39 is 6.10 Å². The molecule has 7 nitrogen and oxygen atoms in total. The van der Waals surface area contributed by atoms with Crippen molar-refractivity contribution in [3.63, 3.8) is 0 Å². The number of aliphatic hydroxyl groups excluding tert-OH is 1.